The molecule has 0 bridgehead atoms. The number of hydrogen-bond donors (Lipinski definition) is 2. The summed E-state index contributed by atoms with van der Waals surface area (Å²) in [6.45, 7) is -0.455. The van der Waals surface area contributed by atoms with Crippen molar-refractivity contribution in [2.75, 3.05) is 0 Å². The monoisotopic (exact) mass is 246 g/mol. The summed E-state index contributed by atoms with van der Waals surface area (Å²) >= 11 is 0. The molecule has 0 spiro atoms. The SMILES string of the molecule is O=c1cc(CO)oc(N=Nc2ccccc2)c1O. The third-order valence-corrected chi connectivity index (χ3v) is 2.12. The fourth-order valence-corrected chi connectivity index (χ4v) is 1.27. The minimum Gasteiger partial charge on any atom is -0.500 e. The van der Waals surface area contributed by atoms with Crippen LogP contribution in [0.5, 0.6) is 5.75 Å². The highest BCUT2D eigenvalue weighted by molar-refractivity contribution is 5.42. The Morgan fingerprint density at radius 2 is 1.89 bits per heavy atom. The lowest BCUT2D eigenvalue weighted by molar-refractivity contribution is 0.243. The number of aliphatic hydroxyl groups is 1. The molecule has 0 unspecified atom stereocenters. The molecule has 2 N–H and O–H groups in total. The standard InChI is InChI=1S/C12H10N2O4/c15-7-9-6-10(16)11(17)12(18-9)14-13-8-4-2-1-3-5-8/h1-6,15,17H,7H2. The van der Waals surface area contributed by atoms with E-state index in [1.54, 1.807) is 24.3 Å². The second kappa shape index (κ2) is 5.24. The number of aliphatic hydroxyl groups excluding tert-OH is 1. The van der Waals surface area contributed by atoms with Crippen molar-refractivity contribution in [3.63, 3.8) is 0 Å². The molecule has 0 aliphatic rings. The van der Waals surface area contributed by atoms with E-state index in [2.05, 4.69) is 10.2 Å². The summed E-state index contributed by atoms with van der Waals surface area (Å²) in [6, 6.07) is 9.77. The Balaban J connectivity index is 2.37. The molecule has 0 fully saturated rings. The Morgan fingerprint density at radius 1 is 1.17 bits per heavy atom. The lowest BCUT2D eigenvalue weighted by atomic mass is 10.3. The topological polar surface area (TPSA) is 95.4 Å². The molecule has 0 aliphatic heterocycles. The van der Waals surface area contributed by atoms with Gasteiger partial charge in [0.2, 0.25) is 11.2 Å². The maximum atomic E-state index is 11.3. The predicted molar refractivity (Wildman–Crippen MR) is 63.2 cm³/mol. The average Bonchev–Trinajstić information content (AvgIpc) is 2.41. The molecule has 0 atom stereocenters. The van der Waals surface area contributed by atoms with E-state index >= 15 is 0 Å². The van der Waals surface area contributed by atoms with Gasteiger partial charge in [0.05, 0.1) is 5.69 Å². The van der Waals surface area contributed by atoms with Gasteiger partial charge in [0.25, 0.3) is 5.88 Å². The van der Waals surface area contributed by atoms with E-state index in [0.29, 0.717) is 5.69 Å². The van der Waals surface area contributed by atoms with E-state index < -0.39 is 17.8 Å². The summed E-state index contributed by atoms with van der Waals surface area (Å²) in [5.74, 6) is -0.943. The van der Waals surface area contributed by atoms with Gasteiger partial charge in [0, 0.05) is 6.07 Å². The smallest absolute Gasteiger partial charge is 0.285 e. The molecule has 2 aromatic rings. The zero-order chi connectivity index (χ0) is 13.0. The molecule has 6 nitrogen and oxygen atoms in total. The van der Waals surface area contributed by atoms with Crippen LogP contribution in [-0.2, 0) is 6.61 Å². The number of aromatic hydroxyl groups is 1. The predicted octanol–water partition coefficient (Wildman–Crippen LogP) is 2.25. The zero-order valence-corrected chi connectivity index (χ0v) is 9.28. The minimum atomic E-state index is -0.674. The molecule has 2 rings (SSSR count). The fraction of sp³-hybridized carbons (Fsp3) is 0.0833. The molecule has 0 radical (unpaired) electrons. The number of hydrogen-bond acceptors (Lipinski definition) is 6. The summed E-state index contributed by atoms with van der Waals surface area (Å²) in [5.41, 5.74) is -0.124. The lowest BCUT2D eigenvalue weighted by Gasteiger charge is -1.99. The molecule has 1 aromatic carbocycles. The van der Waals surface area contributed by atoms with Gasteiger partial charge in [-0.25, -0.2) is 0 Å². The molecule has 0 aliphatic carbocycles. The van der Waals surface area contributed by atoms with Crippen molar-refractivity contribution in [3.05, 3.63) is 52.4 Å². The number of nitrogens with zero attached hydrogens (tertiary/aromatic N) is 2. The summed E-state index contributed by atoms with van der Waals surface area (Å²) in [4.78, 5) is 11.3. The second-order valence-corrected chi connectivity index (χ2v) is 3.42. The first-order valence-corrected chi connectivity index (χ1v) is 5.14. The summed E-state index contributed by atoms with van der Waals surface area (Å²) < 4.78 is 5.00. The zero-order valence-electron chi connectivity index (χ0n) is 9.28. The van der Waals surface area contributed by atoms with Gasteiger partial charge >= 0.3 is 0 Å². The number of rotatable bonds is 3. The largest absolute Gasteiger partial charge is 0.500 e. The van der Waals surface area contributed by atoms with Crippen molar-refractivity contribution in [2.45, 2.75) is 6.61 Å². The van der Waals surface area contributed by atoms with E-state index in [4.69, 9.17) is 9.52 Å². The first-order chi connectivity index (χ1) is 8.70. The molecular formula is C12H10N2O4. The summed E-state index contributed by atoms with van der Waals surface area (Å²) in [7, 11) is 0. The maximum absolute atomic E-state index is 11.3. The highest BCUT2D eigenvalue weighted by atomic mass is 16.4. The van der Waals surface area contributed by atoms with Gasteiger partial charge in [0.15, 0.2) is 0 Å². The van der Waals surface area contributed by atoms with Crippen LogP contribution in [0.3, 0.4) is 0 Å². The fourth-order valence-electron chi connectivity index (χ4n) is 1.27. The van der Waals surface area contributed by atoms with E-state index in [1.165, 1.54) is 0 Å². The van der Waals surface area contributed by atoms with E-state index in [1.807, 2.05) is 6.07 Å². The van der Waals surface area contributed by atoms with Crippen LogP contribution in [0.2, 0.25) is 0 Å². The van der Waals surface area contributed by atoms with Crippen molar-refractivity contribution in [1.29, 1.82) is 0 Å². The van der Waals surface area contributed by atoms with Gasteiger partial charge < -0.3 is 14.6 Å². The van der Waals surface area contributed by atoms with Crippen molar-refractivity contribution >= 4 is 11.6 Å². The van der Waals surface area contributed by atoms with Crippen molar-refractivity contribution in [3.8, 4) is 5.75 Å². The minimum absolute atomic E-state index is 0.0137. The normalized spacial score (nSPS) is 10.9. The molecule has 1 heterocycles. The molecule has 0 amide bonds. The first-order valence-electron chi connectivity index (χ1n) is 5.14. The van der Waals surface area contributed by atoms with Crippen LogP contribution in [-0.4, -0.2) is 10.2 Å². The maximum Gasteiger partial charge on any atom is 0.285 e. The highest BCUT2D eigenvalue weighted by Crippen LogP contribution is 2.25. The van der Waals surface area contributed by atoms with Crippen LogP contribution in [0.1, 0.15) is 5.76 Å². The van der Waals surface area contributed by atoms with E-state index in [-0.39, 0.29) is 11.6 Å². The lowest BCUT2D eigenvalue weighted by Crippen LogP contribution is -2.00. The Labute approximate surface area is 102 Å². The van der Waals surface area contributed by atoms with Crippen molar-refractivity contribution in [1.82, 2.24) is 0 Å². The molecular weight excluding hydrogens is 236 g/mol. The van der Waals surface area contributed by atoms with E-state index in [0.717, 1.165) is 6.07 Å². The van der Waals surface area contributed by atoms with Gasteiger partial charge in [-0.2, -0.15) is 0 Å². The van der Waals surface area contributed by atoms with Crippen LogP contribution in [0.4, 0.5) is 11.6 Å². The van der Waals surface area contributed by atoms with Crippen LogP contribution in [0.15, 0.2) is 55.8 Å². The van der Waals surface area contributed by atoms with Crippen LogP contribution in [0.25, 0.3) is 0 Å². The highest BCUT2D eigenvalue weighted by Gasteiger charge is 2.10. The van der Waals surface area contributed by atoms with Crippen LogP contribution in [0, 0.1) is 0 Å². The molecule has 1 aromatic heterocycles. The van der Waals surface area contributed by atoms with Gasteiger partial charge in [-0.05, 0) is 12.1 Å². The Hall–Kier alpha value is -2.47. The van der Waals surface area contributed by atoms with Gasteiger partial charge in [-0.15, -0.1) is 10.2 Å². The molecule has 0 saturated carbocycles. The number of benzene rings is 1. The number of azo groups is 1. The quantitative estimate of drug-likeness (QED) is 0.812. The van der Waals surface area contributed by atoms with Crippen molar-refractivity contribution < 1.29 is 14.6 Å². The first kappa shape index (κ1) is 12.0. The Morgan fingerprint density at radius 3 is 2.56 bits per heavy atom. The second-order valence-electron chi connectivity index (χ2n) is 3.42. The molecule has 6 heteroatoms. The summed E-state index contributed by atoms with van der Waals surface area (Å²) in [5, 5.41) is 25.8. The molecule has 92 valence electrons. The molecule has 18 heavy (non-hydrogen) atoms. The van der Waals surface area contributed by atoms with Crippen LogP contribution >= 0.6 is 0 Å². The van der Waals surface area contributed by atoms with Gasteiger partial charge in [-0.1, -0.05) is 18.2 Å². The molecule has 0 saturated heterocycles. The van der Waals surface area contributed by atoms with Crippen molar-refractivity contribution in [2.24, 2.45) is 10.2 Å². The van der Waals surface area contributed by atoms with E-state index in [9.17, 15) is 9.90 Å². The van der Waals surface area contributed by atoms with Crippen LogP contribution < -0.4 is 5.43 Å². The Kier molecular flexibility index (Phi) is 3.49. The third kappa shape index (κ3) is 2.61. The summed E-state index contributed by atoms with van der Waals surface area (Å²) in [6.07, 6.45) is 0. The van der Waals surface area contributed by atoms with Gasteiger partial charge in [-0.3, -0.25) is 4.79 Å². The Bertz CT molecular complexity index is 620. The third-order valence-electron chi connectivity index (χ3n) is 2.12. The van der Waals surface area contributed by atoms with Gasteiger partial charge in [0.1, 0.15) is 12.4 Å². The average molecular weight is 246 g/mol.